The van der Waals surface area contributed by atoms with Gasteiger partial charge in [0.05, 0.1) is 0 Å². The number of nitrogen functional groups attached to an aromatic ring is 1. The average molecular weight is 385 g/mol. The number of halogens is 2. The zero-order valence-corrected chi connectivity index (χ0v) is 13.0. The van der Waals surface area contributed by atoms with E-state index in [1.54, 1.807) is 0 Å². The number of rotatable bonds is 4. The lowest BCUT2D eigenvalue weighted by atomic mass is 9.94. The molecule has 0 aliphatic heterocycles. The maximum Gasteiger partial charge on any atom is 0.342 e. The summed E-state index contributed by atoms with van der Waals surface area (Å²) in [7, 11) is 0. The Morgan fingerprint density at radius 2 is 1.83 bits per heavy atom. The Morgan fingerprint density at radius 1 is 1.22 bits per heavy atom. The zero-order chi connectivity index (χ0) is 17.3. The minimum absolute atomic E-state index is 0.0696. The van der Waals surface area contributed by atoms with E-state index in [1.807, 2.05) is 4.98 Å². The Hall–Kier alpha value is -2.68. The summed E-state index contributed by atoms with van der Waals surface area (Å²) in [5.74, 6) is -4.37. The van der Waals surface area contributed by atoms with Crippen molar-refractivity contribution in [3.63, 3.8) is 0 Å². The molecule has 0 atom stereocenters. The summed E-state index contributed by atoms with van der Waals surface area (Å²) in [6.45, 7) is 0. The minimum Gasteiger partial charge on any atom is -0.478 e. The van der Waals surface area contributed by atoms with Gasteiger partial charge in [-0.15, -0.1) is 0 Å². The summed E-state index contributed by atoms with van der Waals surface area (Å²) >= 11 is 3.08. The summed E-state index contributed by atoms with van der Waals surface area (Å²) in [6, 6.07) is 3.64. The van der Waals surface area contributed by atoms with Crippen molar-refractivity contribution in [3.05, 3.63) is 51.1 Å². The first-order valence-corrected chi connectivity index (χ1v) is 7.27. The van der Waals surface area contributed by atoms with E-state index < -0.39 is 45.8 Å². The Kier molecular flexibility index (Phi) is 4.50. The highest BCUT2D eigenvalue weighted by Crippen LogP contribution is 2.30. The van der Waals surface area contributed by atoms with Gasteiger partial charge in [0.2, 0.25) is 0 Å². The van der Waals surface area contributed by atoms with Gasteiger partial charge in [-0.05, 0) is 17.2 Å². The van der Waals surface area contributed by atoms with E-state index in [0.717, 1.165) is 6.07 Å². The summed E-state index contributed by atoms with van der Waals surface area (Å²) in [6.07, 6.45) is 0. The van der Waals surface area contributed by atoms with Gasteiger partial charge < -0.3 is 20.9 Å². The number of anilines is 1. The number of aromatic nitrogens is 1. The van der Waals surface area contributed by atoms with Crippen LogP contribution in [0.1, 0.15) is 26.3 Å². The number of alkyl halides is 1. The van der Waals surface area contributed by atoms with Crippen LogP contribution in [-0.2, 0) is 5.33 Å². The van der Waals surface area contributed by atoms with E-state index in [-0.39, 0.29) is 10.9 Å². The quantitative estimate of drug-likeness (QED) is 0.596. The highest BCUT2D eigenvalue weighted by atomic mass is 79.9. The highest BCUT2D eigenvalue weighted by molar-refractivity contribution is 9.08. The number of nitrogens with two attached hydrogens (primary N) is 1. The van der Waals surface area contributed by atoms with Crippen molar-refractivity contribution in [2.75, 3.05) is 5.73 Å². The number of aromatic amines is 1. The van der Waals surface area contributed by atoms with Crippen LogP contribution < -0.4 is 11.3 Å². The molecule has 0 spiro atoms. The molecular formula is C14H10BrFN2O5. The monoisotopic (exact) mass is 384 g/mol. The molecule has 5 N–H and O–H groups in total. The first-order valence-electron chi connectivity index (χ1n) is 6.15. The number of nitrogens with one attached hydrogen (secondary N) is 1. The van der Waals surface area contributed by atoms with Crippen LogP contribution in [0.4, 0.5) is 10.2 Å². The first kappa shape index (κ1) is 16.7. The smallest absolute Gasteiger partial charge is 0.342 e. The van der Waals surface area contributed by atoms with E-state index >= 15 is 0 Å². The normalized spacial score (nSPS) is 10.5. The Labute approximate surface area is 136 Å². The van der Waals surface area contributed by atoms with Crippen LogP contribution in [0.15, 0.2) is 23.0 Å². The third-order valence-electron chi connectivity index (χ3n) is 3.16. The van der Waals surface area contributed by atoms with Gasteiger partial charge in [0.25, 0.3) is 5.56 Å². The molecule has 1 heterocycles. The topological polar surface area (TPSA) is 133 Å². The highest BCUT2D eigenvalue weighted by Gasteiger charge is 2.26. The number of carboxylic acid groups (broad SMARTS) is 2. The number of pyridine rings is 1. The van der Waals surface area contributed by atoms with Crippen LogP contribution in [0.25, 0.3) is 11.1 Å². The number of H-pyrrole nitrogens is 1. The summed E-state index contributed by atoms with van der Waals surface area (Å²) < 4.78 is 14.0. The molecule has 0 saturated heterocycles. The molecule has 2 rings (SSSR count). The van der Waals surface area contributed by atoms with E-state index in [9.17, 15) is 29.0 Å². The molecule has 1 aromatic heterocycles. The van der Waals surface area contributed by atoms with Gasteiger partial charge in [0.15, 0.2) is 0 Å². The van der Waals surface area contributed by atoms with Crippen molar-refractivity contribution in [1.82, 2.24) is 4.98 Å². The van der Waals surface area contributed by atoms with Gasteiger partial charge in [0, 0.05) is 10.9 Å². The van der Waals surface area contributed by atoms with Crippen LogP contribution in [0, 0.1) is 5.82 Å². The molecule has 7 nitrogen and oxygen atoms in total. The van der Waals surface area contributed by atoms with Crippen molar-refractivity contribution in [2.24, 2.45) is 0 Å². The van der Waals surface area contributed by atoms with Crippen molar-refractivity contribution in [3.8, 4) is 11.1 Å². The van der Waals surface area contributed by atoms with Gasteiger partial charge in [-0.3, -0.25) is 4.79 Å². The lowest BCUT2D eigenvalue weighted by Crippen LogP contribution is -2.24. The molecule has 0 aliphatic carbocycles. The predicted molar refractivity (Wildman–Crippen MR) is 83.4 cm³/mol. The van der Waals surface area contributed by atoms with Gasteiger partial charge in [-0.25, -0.2) is 14.0 Å². The third kappa shape index (κ3) is 2.95. The van der Waals surface area contributed by atoms with Crippen molar-refractivity contribution in [2.45, 2.75) is 5.33 Å². The third-order valence-corrected chi connectivity index (χ3v) is 3.76. The maximum absolute atomic E-state index is 14.0. The van der Waals surface area contributed by atoms with Crippen molar-refractivity contribution >= 4 is 33.7 Å². The van der Waals surface area contributed by atoms with Gasteiger partial charge in [0.1, 0.15) is 22.8 Å². The number of carbonyl (C=O) groups is 2. The fraction of sp³-hybridized carbons (Fsp3) is 0.0714. The Bertz CT molecular complexity index is 878. The van der Waals surface area contributed by atoms with Crippen LogP contribution >= 0.6 is 15.9 Å². The first-order chi connectivity index (χ1) is 10.8. The van der Waals surface area contributed by atoms with Crippen molar-refractivity contribution in [1.29, 1.82) is 0 Å². The number of aromatic carboxylic acids is 2. The number of benzene rings is 1. The molecule has 0 bridgehead atoms. The summed E-state index contributed by atoms with van der Waals surface area (Å²) in [5.41, 5.74) is 2.79. The second-order valence-electron chi connectivity index (χ2n) is 4.54. The molecule has 0 saturated carbocycles. The summed E-state index contributed by atoms with van der Waals surface area (Å²) in [4.78, 5) is 36.6. The second-order valence-corrected chi connectivity index (χ2v) is 5.10. The predicted octanol–water partition coefficient (Wildman–Crippen LogP) is 2.05. The molecule has 0 radical (unpaired) electrons. The standard InChI is InChI=1S/C14H10BrFN2O5/c15-4-6-2-1-5(3-7(6)16)8-9(13(20)21)11(17)18-12(19)10(8)14(22)23/h1-3H,4H2,(H,20,21)(H,22,23)(H3,17,18,19). The molecule has 0 amide bonds. The largest absolute Gasteiger partial charge is 0.478 e. The molecule has 9 heteroatoms. The number of hydrogen-bond donors (Lipinski definition) is 4. The van der Waals surface area contributed by atoms with Gasteiger partial charge in [-0.1, -0.05) is 28.1 Å². The Balaban J connectivity index is 2.93. The fourth-order valence-corrected chi connectivity index (χ4v) is 2.60. The lowest BCUT2D eigenvalue weighted by Gasteiger charge is -2.12. The maximum atomic E-state index is 14.0. The van der Waals surface area contributed by atoms with E-state index in [0.29, 0.717) is 5.56 Å². The van der Waals surface area contributed by atoms with Gasteiger partial charge in [-0.2, -0.15) is 0 Å². The molecule has 1 aromatic carbocycles. The molecule has 0 fully saturated rings. The zero-order valence-electron chi connectivity index (χ0n) is 11.4. The minimum atomic E-state index is -1.64. The van der Waals surface area contributed by atoms with Crippen LogP contribution in [0.2, 0.25) is 0 Å². The van der Waals surface area contributed by atoms with E-state index in [1.165, 1.54) is 12.1 Å². The molecule has 0 unspecified atom stereocenters. The van der Waals surface area contributed by atoms with Crippen LogP contribution in [-0.4, -0.2) is 27.1 Å². The van der Waals surface area contributed by atoms with Gasteiger partial charge >= 0.3 is 11.9 Å². The van der Waals surface area contributed by atoms with E-state index in [4.69, 9.17) is 5.73 Å². The number of hydrogen-bond acceptors (Lipinski definition) is 4. The Morgan fingerprint density at radius 3 is 2.30 bits per heavy atom. The molecule has 23 heavy (non-hydrogen) atoms. The van der Waals surface area contributed by atoms with Crippen LogP contribution in [0.5, 0.6) is 0 Å². The van der Waals surface area contributed by atoms with Crippen LogP contribution in [0.3, 0.4) is 0 Å². The van der Waals surface area contributed by atoms with E-state index in [2.05, 4.69) is 15.9 Å². The molecular weight excluding hydrogens is 375 g/mol. The fourth-order valence-electron chi connectivity index (χ4n) is 2.15. The molecule has 0 aliphatic rings. The SMILES string of the molecule is Nc1[nH]c(=O)c(C(=O)O)c(-c2ccc(CBr)c(F)c2)c1C(=O)O. The average Bonchev–Trinajstić information content (AvgIpc) is 2.45. The second kappa shape index (κ2) is 6.21. The molecule has 2 aromatic rings. The lowest BCUT2D eigenvalue weighted by molar-refractivity contribution is 0.0695. The van der Waals surface area contributed by atoms with Crippen molar-refractivity contribution < 1.29 is 24.2 Å². The summed E-state index contributed by atoms with van der Waals surface area (Å²) in [5, 5.41) is 18.7. The number of carboxylic acids is 2. The molecule has 120 valence electrons.